The zero-order chi connectivity index (χ0) is 16.8. The molecule has 4 heteroatoms. The molecule has 3 aromatic carbocycles. The molecule has 2 aliphatic carbocycles. The SMILES string of the molecule is c1ccc2c(C3=NOC4C3[C@@H]3C[C@H]4[C@H]4N=N[C@H]43)c3ccccc3cc2c1. The zero-order valence-corrected chi connectivity index (χ0v) is 14.1. The summed E-state index contributed by atoms with van der Waals surface area (Å²) in [4.78, 5) is 6.01. The molecule has 0 radical (unpaired) electrons. The fourth-order valence-electron chi connectivity index (χ4n) is 5.87. The summed E-state index contributed by atoms with van der Waals surface area (Å²) in [7, 11) is 0. The molecule has 2 heterocycles. The predicted molar refractivity (Wildman–Crippen MR) is 100 cm³/mol. The van der Waals surface area contributed by atoms with E-state index < -0.39 is 0 Å². The van der Waals surface area contributed by atoms with Crippen molar-refractivity contribution in [3.05, 3.63) is 60.2 Å². The first kappa shape index (κ1) is 13.5. The average molecular weight is 339 g/mol. The molecule has 26 heavy (non-hydrogen) atoms. The van der Waals surface area contributed by atoms with Gasteiger partial charge in [0.2, 0.25) is 0 Å². The average Bonchev–Trinajstić information content (AvgIpc) is 3.28. The number of rotatable bonds is 1. The van der Waals surface area contributed by atoms with Gasteiger partial charge >= 0.3 is 0 Å². The molecule has 0 spiro atoms. The van der Waals surface area contributed by atoms with Gasteiger partial charge in [-0.2, -0.15) is 10.2 Å². The molecule has 2 aliphatic heterocycles. The lowest BCUT2D eigenvalue weighted by Gasteiger charge is -2.36. The summed E-state index contributed by atoms with van der Waals surface area (Å²) in [6.45, 7) is 0. The Bertz CT molecular complexity index is 1100. The lowest BCUT2D eigenvalue weighted by atomic mass is 9.75. The Morgan fingerprint density at radius 1 is 0.808 bits per heavy atom. The van der Waals surface area contributed by atoms with Crippen LogP contribution in [0.25, 0.3) is 21.5 Å². The molecule has 0 saturated heterocycles. The summed E-state index contributed by atoms with van der Waals surface area (Å²) in [5.74, 6) is 1.39. The number of fused-ring (bicyclic) bond motifs is 10. The minimum absolute atomic E-state index is 0.188. The van der Waals surface area contributed by atoms with E-state index in [4.69, 9.17) is 4.84 Å². The Morgan fingerprint density at radius 2 is 1.46 bits per heavy atom. The monoisotopic (exact) mass is 339 g/mol. The third-order valence-corrected chi connectivity index (χ3v) is 6.96. The molecule has 126 valence electrons. The van der Waals surface area contributed by atoms with Gasteiger partial charge in [0, 0.05) is 11.5 Å². The van der Waals surface area contributed by atoms with Crippen LogP contribution in [-0.4, -0.2) is 23.9 Å². The second kappa shape index (κ2) is 4.50. The normalized spacial score (nSPS) is 35.9. The van der Waals surface area contributed by atoms with Crippen LogP contribution in [0.3, 0.4) is 0 Å². The molecule has 4 nitrogen and oxygen atoms in total. The van der Waals surface area contributed by atoms with E-state index in [0.717, 1.165) is 5.71 Å². The van der Waals surface area contributed by atoms with E-state index in [2.05, 4.69) is 70.0 Å². The van der Waals surface area contributed by atoms with Crippen LogP contribution in [0.4, 0.5) is 0 Å². The highest BCUT2D eigenvalue weighted by atomic mass is 16.6. The predicted octanol–water partition coefficient (Wildman–Crippen LogP) is 4.56. The molecule has 2 unspecified atom stereocenters. The largest absolute Gasteiger partial charge is 0.391 e. The van der Waals surface area contributed by atoms with Crippen molar-refractivity contribution in [3.63, 3.8) is 0 Å². The molecule has 6 atom stereocenters. The number of hydrogen-bond acceptors (Lipinski definition) is 4. The van der Waals surface area contributed by atoms with Gasteiger partial charge < -0.3 is 4.84 Å². The molecule has 0 amide bonds. The summed E-state index contributed by atoms with van der Waals surface area (Å²) >= 11 is 0. The van der Waals surface area contributed by atoms with Crippen molar-refractivity contribution in [3.8, 4) is 0 Å². The van der Waals surface area contributed by atoms with E-state index in [9.17, 15) is 0 Å². The van der Waals surface area contributed by atoms with E-state index in [1.54, 1.807) is 0 Å². The fraction of sp³-hybridized carbons (Fsp3) is 0.318. The summed E-state index contributed by atoms with van der Waals surface area (Å²) in [5, 5.41) is 18.5. The third kappa shape index (κ3) is 1.46. The fourth-order valence-corrected chi connectivity index (χ4v) is 5.87. The number of benzene rings is 3. The zero-order valence-electron chi connectivity index (χ0n) is 14.1. The van der Waals surface area contributed by atoms with Gasteiger partial charge in [-0.25, -0.2) is 0 Å². The van der Waals surface area contributed by atoms with Crippen LogP contribution in [0.2, 0.25) is 0 Å². The van der Waals surface area contributed by atoms with Crippen LogP contribution >= 0.6 is 0 Å². The topological polar surface area (TPSA) is 46.3 Å². The van der Waals surface area contributed by atoms with Gasteiger partial charge in [-0.15, -0.1) is 0 Å². The second-order valence-corrected chi connectivity index (χ2v) is 8.04. The molecule has 3 aromatic rings. The third-order valence-electron chi connectivity index (χ3n) is 6.96. The maximum Gasteiger partial charge on any atom is 0.141 e. The smallest absolute Gasteiger partial charge is 0.141 e. The maximum absolute atomic E-state index is 6.01. The molecule has 7 rings (SSSR count). The summed E-state index contributed by atoms with van der Waals surface area (Å²) in [5.41, 5.74) is 2.39. The number of nitrogens with zero attached hydrogens (tertiary/aromatic N) is 3. The minimum Gasteiger partial charge on any atom is -0.391 e. The number of hydrogen-bond donors (Lipinski definition) is 0. The van der Waals surface area contributed by atoms with Gasteiger partial charge in [0.05, 0.1) is 17.7 Å². The van der Waals surface area contributed by atoms with Crippen molar-refractivity contribution in [2.75, 3.05) is 0 Å². The number of oxime groups is 1. The van der Waals surface area contributed by atoms with Gasteiger partial charge in [0.1, 0.15) is 12.1 Å². The van der Waals surface area contributed by atoms with E-state index in [0.29, 0.717) is 29.8 Å². The minimum atomic E-state index is 0.188. The van der Waals surface area contributed by atoms with Gasteiger partial charge in [-0.1, -0.05) is 53.7 Å². The highest BCUT2D eigenvalue weighted by Gasteiger charge is 2.66. The molecular formula is C22H17N3O. The quantitative estimate of drug-likeness (QED) is 0.599. The Balaban J connectivity index is 1.49. The van der Waals surface area contributed by atoms with Crippen molar-refractivity contribution in [2.45, 2.75) is 24.6 Å². The van der Waals surface area contributed by atoms with Crippen LogP contribution in [0.15, 0.2) is 70.0 Å². The Labute approximate surface area is 150 Å². The van der Waals surface area contributed by atoms with Crippen LogP contribution in [0, 0.1) is 17.8 Å². The molecule has 0 aromatic heterocycles. The second-order valence-electron chi connectivity index (χ2n) is 8.04. The van der Waals surface area contributed by atoms with Gasteiger partial charge in [0.25, 0.3) is 0 Å². The van der Waals surface area contributed by atoms with Crippen molar-refractivity contribution >= 4 is 27.3 Å². The molecule has 4 aliphatic rings. The first-order valence-electron chi connectivity index (χ1n) is 9.45. The first-order valence-corrected chi connectivity index (χ1v) is 9.45. The van der Waals surface area contributed by atoms with Gasteiger partial charge in [0.15, 0.2) is 0 Å². The standard InChI is InChI=1S/C22H17N3O/c1-3-7-13-11(5-1)9-12-6-2-4-8-14(12)17(13)21-18-15-10-16(22(18)26-25-21)20-19(15)23-24-20/h1-9,15-16,18-20,22H,10H2/t15-,16-,18?,19-,20+,22?/m0/s1. The molecule has 0 N–H and O–H groups in total. The van der Waals surface area contributed by atoms with Crippen LogP contribution in [0.1, 0.15) is 12.0 Å². The Kier molecular flexibility index (Phi) is 2.33. The van der Waals surface area contributed by atoms with Crippen LogP contribution < -0.4 is 0 Å². The van der Waals surface area contributed by atoms with Crippen LogP contribution in [0.5, 0.6) is 0 Å². The van der Waals surface area contributed by atoms with E-state index in [-0.39, 0.29) is 6.10 Å². The van der Waals surface area contributed by atoms with Crippen molar-refractivity contribution in [2.24, 2.45) is 33.1 Å². The maximum atomic E-state index is 6.01. The highest BCUT2D eigenvalue weighted by Crippen LogP contribution is 2.58. The van der Waals surface area contributed by atoms with Crippen molar-refractivity contribution in [1.29, 1.82) is 0 Å². The van der Waals surface area contributed by atoms with E-state index >= 15 is 0 Å². The summed E-state index contributed by atoms with van der Waals surface area (Å²) < 4.78 is 0. The summed E-state index contributed by atoms with van der Waals surface area (Å²) in [6, 6.07) is 20.3. The van der Waals surface area contributed by atoms with Crippen molar-refractivity contribution < 1.29 is 4.84 Å². The van der Waals surface area contributed by atoms with Crippen molar-refractivity contribution in [1.82, 2.24) is 0 Å². The van der Waals surface area contributed by atoms with Crippen LogP contribution in [-0.2, 0) is 4.84 Å². The summed E-state index contributed by atoms with van der Waals surface area (Å²) in [6.07, 6.45) is 1.37. The van der Waals surface area contributed by atoms with E-state index in [1.165, 1.54) is 33.5 Å². The molecule has 2 saturated carbocycles. The van der Waals surface area contributed by atoms with E-state index in [1.807, 2.05) is 0 Å². The first-order chi connectivity index (χ1) is 12.9. The van der Waals surface area contributed by atoms with Gasteiger partial charge in [-0.05, 0) is 39.9 Å². The Morgan fingerprint density at radius 3 is 2.15 bits per heavy atom. The lowest BCUT2D eigenvalue weighted by Crippen LogP contribution is -2.47. The molecule has 2 bridgehead atoms. The Hall–Kier alpha value is -2.75. The molecule has 2 fully saturated rings. The molecular weight excluding hydrogens is 322 g/mol. The lowest BCUT2D eigenvalue weighted by molar-refractivity contribution is 0.00785. The number of azo groups is 1. The highest BCUT2D eigenvalue weighted by molar-refractivity contribution is 6.22. The van der Waals surface area contributed by atoms with Gasteiger partial charge in [-0.3, -0.25) is 0 Å².